The summed E-state index contributed by atoms with van der Waals surface area (Å²) in [6.45, 7) is 6.03. The van der Waals surface area contributed by atoms with Crippen molar-refractivity contribution in [3.05, 3.63) is 51.3 Å². The van der Waals surface area contributed by atoms with Crippen molar-refractivity contribution >= 4 is 22.2 Å². The molecule has 0 fully saturated rings. The molecule has 3 heteroatoms. The molecule has 1 heterocycles. The molecule has 2 nitrogen and oxygen atoms in total. The summed E-state index contributed by atoms with van der Waals surface area (Å²) in [4.78, 5) is 15.1. The Bertz CT molecular complexity index is 620. The van der Waals surface area contributed by atoms with Gasteiger partial charge in [0.2, 0.25) is 0 Å². The fourth-order valence-electron chi connectivity index (χ4n) is 2.03. The second-order valence-corrected chi connectivity index (χ2v) is 5.29. The highest BCUT2D eigenvalue weighted by molar-refractivity contribution is 9.10. The third kappa shape index (κ3) is 2.23. The van der Waals surface area contributed by atoms with Crippen molar-refractivity contribution in [2.45, 2.75) is 20.8 Å². The molecule has 0 bridgehead atoms. The average Bonchev–Trinajstić information content (AvgIpc) is 2.35. The molecule has 92 valence electrons. The molecule has 0 aliphatic rings. The van der Waals surface area contributed by atoms with E-state index in [1.807, 2.05) is 26.1 Å². The predicted octanol–water partition coefficient (Wildman–Crippen LogP) is 4.25. The van der Waals surface area contributed by atoms with Gasteiger partial charge in [0.1, 0.15) is 6.29 Å². The minimum absolute atomic E-state index is 0.747. The molecule has 0 spiro atoms. The Morgan fingerprint density at radius 1 is 1.06 bits per heavy atom. The molecular weight excluding hydrogens is 290 g/mol. The zero-order chi connectivity index (χ0) is 13.3. The van der Waals surface area contributed by atoms with E-state index >= 15 is 0 Å². The zero-order valence-corrected chi connectivity index (χ0v) is 12.2. The summed E-state index contributed by atoms with van der Waals surface area (Å²) in [6.07, 6.45) is 4.56. The minimum Gasteiger partial charge on any atom is -0.298 e. The molecule has 2 aromatic rings. The molecule has 0 aliphatic carbocycles. The van der Waals surface area contributed by atoms with Gasteiger partial charge in [0.25, 0.3) is 0 Å². The van der Waals surface area contributed by atoms with Crippen LogP contribution < -0.4 is 0 Å². The molecular formula is C15H14BrNO. The van der Waals surface area contributed by atoms with Crippen LogP contribution in [-0.4, -0.2) is 11.3 Å². The third-order valence-electron chi connectivity index (χ3n) is 3.18. The number of carbonyl (C=O) groups excluding carboxylic acids is 1. The molecule has 2 rings (SSSR count). The van der Waals surface area contributed by atoms with Crippen molar-refractivity contribution in [3.8, 4) is 11.1 Å². The molecule has 0 N–H and O–H groups in total. The van der Waals surface area contributed by atoms with E-state index in [1.54, 1.807) is 6.20 Å². The summed E-state index contributed by atoms with van der Waals surface area (Å²) >= 11 is 3.50. The maximum absolute atomic E-state index is 10.9. The molecule has 1 aromatic carbocycles. The Morgan fingerprint density at radius 3 is 2.44 bits per heavy atom. The Kier molecular flexibility index (Phi) is 3.62. The summed E-state index contributed by atoms with van der Waals surface area (Å²) in [5.41, 5.74) is 6.21. The van der Waals surface area contributed by atoms with Crippen molar-refractivity contribution in [1.82, 2.24) is 4.98 Å². The zero-order valence-electron chi connectivity index (χ0n) is 10.6. The monoisotopic (exact) mass is 303 g/mol. The lowest BCUT2D eigenvalue weighted by Gasteiger charge is -2.12. The summed E-state index contributed by atoms with van der Waals surface area (Å²) in [7, 11) is 0. The SMILES string of the molecule is Cc1cc(-c2cncc(Br)c2C)c(C)cc1C=O. The summed E-state index contributed by atoms with van der Waals surface area (Å²) in [5, 5.41) is 0. The first-order chi connectivity index (χ1) is 8.54. The van der Waals surface area contributed by atoms with Crippen LogP contribution >= 0.6 is 15.9 Å². The summed E-state index contributed by atoms with van der Waals surface area (Å²) in [6, 6.07) is 3.98. The van der Waals surface area contributed by atoms with Crippen LogP contribution in [0.25, 0.3) is 11.1 Å². The summed E-state index contributed by atoms with van der Waals surface area (Å²) in [5.74, 6) is 0. The first kappa shape index (κ1) is 13.0. The number of aromatic nitrogens is 1. The van der Waals surface area contributed by atoms with Crippen LogP contribution in [0.4, 0.5) is 0 Å². The third-order valence-corrected chi connectivity index (χ3v) is 3.98. The van der Waals surface area contributed by atoms with E-state index in [4.69, 9.17) is 0 Å². The van der Waals surface area contributed by atoms with Crippen LogP contribution in [0.5, 0.6) is 0 Å². The van der Waals surface area contributed by atoms with E-state index in [0.29, 0.717) is 0 Å². The number of aldehydes is 1. The largest absolute Gasteiger partial charge is 0.298 e. The van der Waals surface area contributed by atoms with E-state index in [0.717, 1.165) is 44.1 Å². The maximum Gasteiger partial charge on any atom is 0.150 e. The van der Waals surface area contributed by atoms with Gasteiger partial charge in [-0.15, -0.1) is 0 Å². The lowest BCUT2D eigenvalue weighted by atomic mass is 9.94. The second-order valence-electron chi connectivity index (χ2n) is 4.44. The molecule has 0 aliphatic heterocycles. The van der Waals surface area contributed by atoms with Crippen LogP contribution in [0.2, 0.25) is 0 Å². The van der Waals surface area contributed by atoms with Crippen molar-refractivity contribution < 1.29 is 4.79 Å². The van der Waals surface area contributed by atoms with Crippen LogP contribution in [0.3, 0.4) is 0 Å². The van der Waals surface area contributed by atoms with E-state index in [1.165, 1.54) is 0 Å². The Balaban J connectivity index is 2.68. The fraction of sp³-hybridized carbons (Fsp3) is 0.200. The number of aryl methyl sites for hydroxylation is 2. The van der Waals surface area contributed by atoms with Crippen molar-refractivity contribution in [3.63, 3.8) is 0 Å². The van der Waals surface area contributed by atoms with Crippen LogP contribution in [0.15, 0.2) is 29.0 Å². The topological polar surface area (TPSA) is 30.0 Å². The van der Waals surface area contributed by atoms with Gasteiger partial charge >= 0.3 is 0 Å². The fourth-order valence-corrected chi connectivity index (χ4v) is 2.36. The molecule has 0 unspecified atom stereocenters. The Morgan fingerprint density at radius 2 is 1.78 bits per heavy atom. The number of benzene rings is 1. The second kappa shape index (κ2) is 5.02. The Labute approximate surface area is 115 Å². The lowest BCUT2D eigenvalue weighted by molar-refractivity contribution is 0.112. The maximum atomic E-state index is 10.9. The normalized spacial score (nSPS) is 10.4. The average molecular weight is 304 g/mol. The van der Waals surface area contributed by atoms with Crippen LogP contribution in [-0.2, 0) is 0 Å². The molecule has 0 amide bonds. The van der Waals surface area contributed by atoms with E-state index in [2.05, 4.69) is 33.9 Å². The van der Waals surface area contributed by atoms with Gasteiger partial charge in [0.15, 0.2) is 0 Å². The van der Waals surface area contributed by atoms with E-state index < -0.39 is 0 Å². The van der Waals surface area contributed by atoms with Gasteiger partial charge in [-0.1, -0.05) is 6.07 Å². The smallest absolute Gasteiger partial charge is 0.150 e. The number of nitrogens with zero attached hydrogens (tertiary/aromatic N) is 1. The van der Waals surface area contributed by atoms with E-state index in [-0.39, 0.29) is 0 Å². The molecule has 0 saturated heterocycles. The quantitative estimate of drug-likeness (QED) is 0.776. The number of halogens is 1. The Hall–Kier alpha value is -1.48. The standard InChI is InChI=1S/C15H14BrNO/c1-9-5-13(10(2)4-12(9)8-18)14-6-17-7-15(16)11(14)3/h4-8H,1-3H3. The van der Waals surface area contributed by atoms with Crippen LogP contribution in [0.1, 0.15) is 27.0 Å². The summed E-state index contributed by atoms with van der Waals surface area (Å²) < 4.78 is 0.997. The number of pyridine rings is 1. The van der Waals surface area contributed by atoms with Crippen molar-refractivity contribution in [2.24, 2.45) is 0 Å². The van der Waals surface area contributed by atoms with Gasteiger partial charge in [-0.3, -0.25) is 9.78 Å². The van der Waals surface area contributed by atoms with Gasteiger partial charge in [0, 0.05) is 28.0 Å². The molecule has 1 aromatic heterocycles. The highest BCUT2D eigenvalue weighted by Gasteiger charge is 2.10. The highest BCUT2D eigenvalue weighted by atomic mass is 79.9. The van der Waals surface area contributed by atoms with Gasteiger partial charge in [-0.2, -0.15) is 0 Å². The van der Waals surface area contributed by atoms with Crippen LogP contribution in [0, 0.1) is 20.8 Å². The minimum atomic E-state index is 0.747. The highest BCUT2D eigenvalue weighted by Crippen LogP contribution is 2.31. The van der Waals surface area contributed by atoms with Crippen molar-refractivity contribution in [1.29, 1.82) is 0 Å². The first-order valence-electron chi connectivity index (χ1n) is 5.71. The predicted molar refractivity (Wildman–Crippen MR) is 77.0 cm³/mol. The van der Waals surface area contributed by atoms with Crippen molar-refractivity contribution in [2.75, 3.05) is 0 Å². The number of hydrogen-bond donors (Lipinski definition) is 0. The van der Waals surface area contributed by atoms with Gasteiger partial charge in [-0.25, -0.2) is 0 Å². The van der Waals surface area contributed by atoms with Gasteiger partial charge < -0.3 is 0 Å². The molecule has 0 atom stereocenters. The van der Waals surface area contributed by atoms with Gasteiger partial charge in [0.05, 0.1) is 0 Å². The number of carbonyl (C=O) groups is 1. The molecule has 18 heavy (non-hydrogen) atoms. The van der Waals surface area contributed by atoms with Gasteiger partial charge in [-0.05, 0) is 65.0 Å². The molecule has 0 radical (unpaired) electrons. The molecule has 0 saturated carbocycles. The van der Waals surface area contributed by atoms with E-state index in [9.17, 15) is 4.79 Å². The first-order valence-corrected chi connectivity index (χ1v) is 6.50. The number of rotatable bonds is 2. The number of hydrogen-bond acceptors (Lipinski definition) is 2. The lowest BCUT2D eigenvalue weighted by Crippen LogP contribution is -1.94.